The molecule has 1 aliphatic carbocycles. The predicted molar refractivity (Wildman–Crippen MR) is 67.0 cm³/mol. The molecule has 3 heteroatoms. The molecule has 0 spiro atoms. The topological polar surface area (TPSA) is 50.9 Å². The molecule has 2 unspecified atom stereocenters. The first-order valence-electron chi connectivity index (χ1n) is 5.99. The van der Waals surface area contributed by atoms with Gasteiger partial charge in [0.25, 0.3) is 0 Å². The number of hydrogen-bond acceptors (Lipinski definition) is 3. The molecule has 1 aromatic rings. The maximum absolute atomic E-state index is 6.03. The maximum Gasteiger partial charge on any atom is 0.0393 e. The van der Waals surface area contributed by atoms with Crippen molar-refractivity contribution in [3.63, 3.8) is 0 Å². The number of rotatable bonds is 4. The Morgan fingerprint density at radius 2 is 2.31 bits per heavy atom. The van der Waals surface area contributed by atoms with E-state index in [4.69, 9.17) is 5.73 Å². The van der Waals surface area contributed by atoms with Crippen LogP contribution in [0.1, 0.15) is 38.8 Å². The number of pyridine rings is 1. The van der Waals surface area contributed by atoms with Gasteiger partial charge in [-0.15, -0.1) is 0 Å². The highest BCUT2D eigenvalue weighted by Crippen LogP contribution is 2.58. The fraction of sp³-hybridized carbons (Fsp3) is 0.615. The highest BCUT2D eigenvalue weighted by molar-refractivity contribution is 5.47. The minimum Gasteiger partial charge on any atom is -0.398 e. The molecule has 0 amide bonds. The van der Waals surface area contributed by atoms with Crippen LogP contribution in [0.15, 0.2) is 18.5 Å². The Labute approximate surface area is 97.5 Å². The van der Waals surface area contributed by atoms with E-state index in [9.17, 15) is 0 Å². The standard InChI is InChI=1S/C13H21N3/c1-4-16-12(10-7-13(10,2)3)9-8-15-6-5-11(9)14/h5-6,8,10,12,16H,4,7H2,1-3H3,(H2,14,15). The third-order valence-electron chi connectivity index (χ3n) is 3.64. The Morgan fingerprint density at radius 3 is 2.81 bits per heavy atom. The number of nitrogen functional groups attached to an aromatic ring is 1. The zero-order valence-electron chi connectivity index (χ0n) is 10.3. The van der Waals surface area contributed by atoms with Gasteiger partial charge < -0.3 is 11.1 Å². The number of nitrogens with zero attached hydrogens (tertiary/aromatic N) is 1. The molecule has 1 saturated carbocycles. The minimum absolute atomic E-state index is 0.355. The van der Waals surface area contributed by atoms with Crippen LogP contribution in [0, 0.1) is 11.3 Å². The minimum atomic E-state index is 0.355. The Bertz CT molecular complexity index is 373. The second kappa shape index (κ2) is 4.06. The van der Waals surface area contributed by atoms with Crippen molar-refractivity contribution in [2.45, 2.75) is 33.2 Å². The van der Waals surface area contributed by atoms with Gasteiger partial charge in [-0.1, -0.05) is 20.8 Å². The summed E-state index contributed by atoms with van der Waals surface area (Å²) in [6, 6.07) is 2.24. The van der Waals surface area contributed by atoms with Crippen LogP contribution >= 0.6 is 0 Å². The summed E-state index contributed by atoms with van der Waals surface area (Å²) in [4.78, 5) is 4.19. The first kappa shape index (κ1) is 11.4. The predicted octanol–water partition coefficient (Wildman–Crippen LogP) is 2.36. The Hall–Kier alpha value is -1.09. The lowest BCUT2D eigenvalue weighted by Crippen LogP contribution is -2.25. The van der Waals surface area contributed by atoms with Crippen molar-refractivity contribution in [1.29, 1.82) is 0 Å². The van der Waals surface area contributed by atoms with Gasteiger partial charge in [-0.25, -0.2) is 0 Å². The van der Waals surface area contributed by atoms with Gasteiger partial charge in [-0.3, -0.25) is 4.98 Å². The van der Waals surface area contributed by atoms with Crippen molar-refractivity contribution in [3.8, 4) is 0 Å². The summed E-state index contributed by atoms with van der Waals surface area (Å²) < 4.78 is 0. The van der Waals surface area contributed by atoms with Crippen LogP contribution < -0.4 is 11.1 Å². The average Bonchev–Trinajstić information content (AvgIpc) is 2.85. The van der Waals surface area contributed by atoms with Gasteiger partial charge in [-0.05, 0) is 30.4 Å². The zero-order valence-corrected chi connectivity index (χ0v) is 10.3. The average molecular weight is 219 g/mol. The van der Waals surface area contributed by atoms with Crippen LogP contribution in [0.4, 0.5) is 5.69 Å². The van der Waals surface area contributed by atoms with Crippen molar-refractivity contribution < 1.29 is 0 Å². The molecule has 2 atom stereocenters. The molecule has 16 heavy (non-hydrogen) atoms. The van der Waals surface area contributed by atoms with E-state index >= 15 is 0 Å². The summed E-state index contributed by atoms with van der Waals surface area (Å²) in [5, 5.41) is 3.54. The third-order valence-corrected chi connectivity index (χ3v) is 3.64. The summed E-state index contributed by atoms with van der Waals surface area (Å²) in [7, 11) is 0. The van der Waals surface area contributed by atoms with Crippen molar-refractivity contribution in [3.05, 3.63) is 24.0 Å². The molecule has 1 heterocycles. The van der Waals surface area contributed by atoms with Crippen molar-refractivity contribution in [2.75, 3.05) is 12.3 Å². The number of anilines is 1. The van der Waals surface area contributed by atoms with E-state index in [1.165, 1.54) is 6.42 Å². The molecule has 1 fully saturated rings. The highest BCUT2D eigenvalue weighted by Gasteiger charge is 2.50. The molecular formula is C13H21N3. The number of nitrogens with one attached hydrogen (secondary N) is 1. The largest absolute Gasteiger partial charge is 0.398 e. The van der Waals surface area contributed by atoms with E-state index in [2.05, 4.69) is 31.1 Å². The van der Waals surface area contributed by atoms with Gasteiger partial charge in [0.15, 0.2) is 0 Å². The molecular weight excluding hydrogens is 198 g/mol. The van der Waals surface area contributed by atoms with Gasteiger partial charge in [0.1, 0.15) is 0 Å². The van der Waals surface area contributed by atoms with Crippen molar-refractivity contribution >= 4 is 5.69 Å². The van der Waals surface area contributed by atoms with Crippen LogP contribution in [-0.4, -0.2) is 11.5 Å². The first-order chi connectivity index (χ1) is 7.56. The van der Waals surface area contributed by atoms with E-state index in [0.29, 0.717) is 17.4 Å². The molecule has 88 valence electrons. The van der Waals surface area contributed by atoms with E-state index in [0.717, 1.165) is 17.8 Å². The van der Waals surface area contributed by atoms with E-state index in [-0.39, 0.29) is 0 Å². The first-order valence-corrected chi connectivity index (χ1v) is 5.99. The molecule has 3 N–H and O–H groups in total. The van der Waals surface area contributed by atoms with Gasteiger partial charge in [0.2, 0.25) is 0 Å². The molecule has 0 aromatic carbocycles. The van der Waals surface area contributed by atoms with E-state index < -0.39 is 0 Å². The summed E-state index contributed by atoms with van der Waals surface area (Å²) in [6.07, 6.45) is 4.91. The highest BCUT2D eigenvalue weighted by atomic mass is 14.9. The second-order valence-electron chi connectivity index (χ2n) is 5.34. The van der Waals surface area contributed by atoms with Crippen LogP contribution in [0.25, 0.3) is 0 Å². The fourth-order valence-corrected chi connectivity index (χ4v) is 2.44. The van der Waals surface area contributed by atoms with Crippen LogP contribution in [0.5, 0.6) is 0 Å². The molecule has 1 aromatic heterocycles. The van der Waals surface area contributed by atoms with Gasteiger partial charge in [0, 0.05) is 29.7 Å². The normalized spacial score (nSPS) is 24.1. The Kier molecular flexibility index (Phi) is 2.89. The maximum atomic E-state index is 6.03. The van der Waals surface area contributed by atoms with Crippen molar-refractivity contribution in [1.82, 2.24) is 10.3 Å². The van der Waals surface area contributed by atoms with E-state index in [1.807, 2.05) is 12.3 Å². The Balaban J connectivity index is 2.24. The lowest BCUT2D eigenvalue weighted by Gasteiger charge is -2.21. The van der Waals surface area contributed by atoms with E-state index in [1.54, 1.807) is 6.20 Å². The summed E-state index contributed by atoms with van der Waals surface area (Å²) in [5.41, 5.74) is 8.47. The lowest BCUT2D eigenvalue weighted by molar-refractivity contribution is 0.424. The number of aromatic nitrogens is 1. The molecule has 0 radical (unpaired) electrons. The second-order valence-corrected chi connectivity index (χ2v) is 5.34. The third kappa shape index (κ3) is 2.05. The lowest BCUT2D eigenvalue weighted by atomic mass is 9.97. The van der Waals surface area contributed by atoms with Crippen LogP contribution in [0.2, 0.25) is 0 Å². The fourth-order valence-electron chi connectivity index (χ4n) is 2.44. The SMILES string of the molecule is CCNC(c1cnccc1N)C1CC1(C)C. The molecule has 3 nitrogen and oxygen atoms in total. The Morgan fingerprint density at radius 1 is 1.62 bits per heavy atom. The molecule has 1 aliphatic rings. The molecule has 0 bridgehead atoms. The van der Waals surface area contributed by atoms with Gasteiger partial charge >= 0.3 is 0 Å². The molecule has 2 rings (SSSR count). The van der Waals surface area contributed by atoms with Gasteiger partial charge in [0.05, 0.1) is 0 Å². The zero-order chi connectivity index (χ0) is 11.8. The molecule has 0 saturated heterocycles. The van der Waals surface area contributed by atoms with Crippen molar-refractivity contribution in [2.24, 2.45) is 11.3 Å². The monoisotopic (exact) mass is 219 g/mol. The summed E-state index contributed by atoms with van der Waals surface area (Å²) >= 11 is 0. The molecule has 0 aliphatic heterocycles. The summed E-state index contributed by atoms with van der Waals surface area (Å²) in [5.74, 6) is 0.680. The quantitative estimate of drug-likeness (QED) is 0.817. The smallest absolute Gasteiger partial charge is 0.0393 e. The number of nitrogens with two attached hydrogens (primary N) is 1. The van der Waals surface area contributed by atoms with Gasteiger partial charge in [-0.2, -0.15) is 0 Å². The number of hydrogen-bond donors (Lipinski definition) is 2. The van der Waals surface area contributed by atoms with Crippen LogP contribution in [-0.2, 0) is 0 Å². The summed E-state index contributed by atoms with van der Waals surface area (Å²) in [6.45, 7) is 7.73. The van der Waals surface area contributed by atoms with Crippen LogP contribution in [0.3, 0.4) is 0 Å².